The van der Waals surface area contributed by atoms with E-state index in [2.05, 4.69) is 4.98 Å². The molecule has 0 saturated carbocycles. The third kappa shape index (κ3) is 2.48. The topological polar surface area (TPSA) is 39.2 Å². The van der Waals surface area contributed by atoms with E-state index in [0.717, 1.165) is 28.4 Å². The van der Waals surface area contributed by atoms with Crippen molar-refractivity contribution in [3.63, 3.8) is 0 Å². The lowest BCUT2D eigenvalue weighted by Gasteiger charge is -2.24. The minimum Gasteiger partial charge on any atom is -0.493 e. The summed E-state index contributed by atoms with van der Waals surface area (Å²) in [7, 11) is 0. The molecule has 1 aromatic carbocycles. The predicted molar refractivity (Wildman–Crippen MR) is 79.6 cm³/mol. The van der Waals surface area contributed by atoms with E-state index in [1.54, 1.807) is 11.3 Å². The van der Waals surface area contributed by atoms with Gasteiger partial charge in [0, 0.05) is 16.4 Å². The highest BCUT2D eigenvalue weighted by Crippen LogP contribution is 2.34. The highest BCUT2D eigenvalue weighted by molar-refractivity contribution is 7.11. The van der Waals surface area contributed by atoms with Gasteiger partial charge in [0.1, 0.15) is 16.5 Å². The molecule has 0 N–H and O–H groups in total. The number of Topliss-reactive ketones (excluding diaryl/α,β-unsaturated/α-hetero) is 1. The van der Waals surface area contributed by atoms with Gasteiger partial charge < -0.3 is 4.74 Å². The van der Waals surface area contributed by atoms with Gasteiger partial charge in [-0.25, -0.2) is 4.98 Å². The van der Waals surface area contributed by atoms with E-state index in [1.165, 1.54) is 4.88 Å². The first-order valence-electron chi connectivity index (χ1n) is 6.82. The molecule has 1 atom stereocenters. The van der Waals surface area contributed by atoms with Crippen LogP contribution in [0.2, 0.25) is 0 Å². The number of ketones is 1. The standard InChI is InChI=1S/C16H17NO2S/c1-10-11(2)20-16(17-10)9-14(18)12-7-8-19-15-6-4-3-5-13(12)15/h3-6,12H,7-9H2,1-2H3. The molecule has 4 heteroatoms. The summed E-state index contributed by atoms with van der Waals surface area (Å²) in [6, 6.07) is 7.84. The molecule has 0 amide bonds. The molecular formula is C16H17NO2S. The third-order valence-corrected chi connectivity index (χ3v) is 4.82. The normalized spacial score (nSPS) is 17.4. The fraction of sp³-hybridized carbons (Fsp3) is 0.375. The number of aryl methyl sites for hydroxylation is 2. The zero-order valence-electron chi connectivity index (χ0n) is 11.7. The molecule has 1 aliphatic rings. The van der Waals surface area contributed by atoms with Crippen LogP contribution in [0.25, 0.3) is 0 Å². The minimum absolute atomic E-state index is 0.0514. The zero-order chi connectivity index (χ0) is 14.1. The Balaban J connectivity index is 1.81. The summed E-state index contributed by atoms with van der Waals surface area (Å²) in [5.74, 6) is 1.04. The number of para-hydroxylation sites is 1. The Kier molecular flexibility index (Phi) is 3.57. The van der Waals surface area contributed by atoms with Gasteiger partial charge in [-0.3, -0.25) is 4.79 Å². The molecule has 2 aromatic rings. The van der Waals surface area contributed by atoms with Crippen molar-refractivity contribution in [1.29, 1.82) is 0 Å². The molecule has 0 bridgehead atoms. The number of fused-ring (bicyclic) bond motifs is 1. The largest absolute Gasteiger partial charge is 0.493 e. The number of carbonyl (C=O) groups excluding carboxylic acids is 1. The Labute approximate surface area is 122 Å². The van der Waals surface area contributed by atoms with Crippen molar-refractivity contribution in [2.75, 3.05) is 6.61 Å². The first-order chi connectivity index (χ1) is 9.65. The van der Waals surface area contributed by atoms with Crippen molar-refractivity contribution in [3.8, 4) is 5.75 Å². The maximum Gasteiger partial charge on any atom is 0.147 e. The van der Waals surface area contributed by atoms with Crippen molar-refractivity contribution >= 4 is 17.1 Å². The second-order valence-electron chi connectivity index (χ2n) is 5.12. The Morgan fingerprint density at radius 2 is 2.20 bits per heavy atom. The summed E-state index contributed by atoms with van der Waals surface area (Å²) >= 11 is 1.62. The van der Waals surface area contributed by atoms with E-state index < -0.39 is 0 Å². The molecule has 1 aromatic heterocycles. The average molecular weight is 287 g/mol. The molecule has 0 fully saturated rings. The second-order valence-corrected chi connectivity index (χ2v) is 6.41. The quantitative estimate of drug-likeness (QED) is 0.868. The van der Waals surface area contributed by atoms with Crippen molar-refractivity contribution in [2.45, 2.75) is 32.6 Å². The molecule has 1 unspecified atom stereocenters. The van der Waals surface area contributed by atoms with Crippen LogP contribution in [0, 0.1) is 13.8 Å². The van der Waals surface area contributed by atoms with Crippen molar-refractivity contribution in [1.82, 2.24) is 4.98 Å². The number of nitrogens with zero attached hydrogens (tertiary/aromatic N) is 1. The van der Waals surface area contributed by atoms with Gasteiger partial charge in [-0.1, -0.05) is 18.2 Å². The van der Waals surface area contributed by atoms with E-state index in [9.17, 15) is 4.79 Å². The monoisotopic (exact) mass is 287 g/mol. The van der Waals surface area contributed by atoms with Crippen LogP contribution in [-0.2, 0) is 11.2 Å². The molecule has 104 valence electrons. The van der Waals surface area contributed by atoms with Gasteiger partial charge in [-0.15, -0.1) is 11.3 Å². The number of thiazole rings is 1. The first-order valence-corrected chi connectivity index (χ1v) is 7.64. The molecule has 3 nitrogen and oxygen atoms in total. The van der Waals surface area contributed by atoms with Gasteiger partial charge in [0.2, 0.25) is 0 Å². The number of rotatable bonds is 3. The fourth-order valence-corrected chi connectivity index (χ4v) is 3.51. The van der Waals surface area contributed by atoms with Crippen LogP contribution in [0.4, 0.5) is 0 Å². The number of aromatic nitrogens is 1. The minimum atomic E-state index is -0.0514. The molecule has 20 heavy (non-hydrogen) atoms. The Bertz CT molecular complexity index is 628. The van der Waals surface area contributed by atoms with Crippen LogP contribution in [-0.4, -0.2) is 17.4 Å². The van der Waals surface area contributed by atoms with Crippen molar-refractivity contribution < 1.29 is 9.53 Å². The van der Waals surface area contributed by atoms with E-state index >= 15 is 0 Å². The van der Waals surface area contributed by atoms with Gasteiger partial charge in [0.15, 0.2) is 0 Å². The van der Waals surface area contributed by atoms with Crippen molar-refractivity contribution in [3.05, 3.63) is 45.4 Å². The van der Waals surface area contributed by atoms with Gasteiger partial charge in [0.05, 0.1) is 18.7 Å². The van der Waals surface area contributed by atoms with Crippen LogP contribution in [0.5, 0.6) is 5.75 Å². The molecule has 0 saturated heterocycles. The predicted octanol–water partition coefficient (Wildman–Crippen LogP) is 3.44. The van der Waals surface area contributed by atoms with E-state index in [1.807, 2.05) is 38.1 Å². The lowest BCUT2D eigenvalue weighted by molar-refractivity contribution is -0.120. The third-order valence-electron chi connectivity index (χ3n) is 3.75. The Hall–Kier alpha value is -1.68. The number of benzene rings is 1. The van der Waals surface area contributed by atoms with Crippen LogP contribution < -0.4 is 4.74 Å². The van der Waals surface area contributed by atoms with Gasteiger partial charge in [-0.2, -0.15) is 0 Å². The molecule has 2 heterocycles. The highest BCUT2D eigenvalue weighted by Gasteiger charge is 2.27. The number of ether oxygens (including phenoxy) is 1. The van der Waals surface area contributed by atoms with Crippen LogP contribution in [0.15, 0.2) is 24.3 Å². The highest BCUT2D eigenvalue weighted by atomic mass is 32.1. The molecule has 0 spiro atoms. The van der Waals surface area contributed by atoms with E-state index in [4.69, 9.17) is 4.74 Å². The smallest absolute Gasteiger partial charge is 0.147 e. The summed E-state index contributed by atoms with van der Waals surface area (Å²) in [6.07, 6.45) is 1.19. The molecule has 0 radical (unpaired) electrons. The maximum absolute atomic E-state index is 12.6. The number of hydrogen-bond acceptors (Lipinski definition) is 4. The number of hydrogen-bond donors (Lipinski definition) is 0. The van der Waals surface area contributed by atoms with Crippen LogP contribution in [0.3, 0.4) is 0 Å². The summed E-state index contributed by atoms with van der Waals surface area (Å²) in [5, 5.41) is 0.925. The molecule has 0 aliphatic carbocycles. The molecular weight excluding hydrogens is 270 g/mol. The fourth-order valence-electron chi connectivity index (χ4n) is 2.56. The first kappa shape index (κ1) is 13.3. The van der Waals surface area contributed by atoms with Gasteiger partial charge in [0.25, 0.3) is 0 Å². The van der Waals surface area contributed by atoms with Crippen LogP contribution in [0.1, 0.15) is 33.5 Å². The van der Waals surface area contributed by atoms with E-state index in [-0.39, 0.29) is 11.7 Å². The van der Waals surface area contributed by atoms with E-state index in [0.29, 0.717) is 13.0 Å². The van der Waals surface area contributed by atoms with Gasteiger partial charge in [-0.05, 0) is 26.3 Å². The zero-order valence-corrected chi connectivity index (χ0v) is 12.5. The summed E-state index contributed by atoms with van der Waals surface area (Å²) in [4.78, 5) is 18.2. The van der Waals surface area contributed by atoms with Gasteiger partial charge >= 0.3 is 0 Å². The summed E-state index contributed by atoms with van der Waals surface area (Å²) in [6.45, 7) is 4.65. The summed E-state index contributed by atoms with van der Waals surface area (Å²) in [5.41, 5.74) is 2.05. The lowest BCUT2D eigenvalue weighted by Crippen LogP contribution is -2.22. The maximum atomic E-state index is 12.6. The Morgan fingerprint density at radius 1 is 1.40 bits per heavy atom. The average Bonchev–Trinajstić information content (AvgIpc) is 2.76. The SMILES string of the molecule is Cc1nc(CC(=O)C2CCOc3ccccc32)sc1C. The lowest BCUT2D eigenvalue weighted by atomic mass is 9.88. The molecule has 3 rings (SSSR count). The Morgan fingerprint density at radius 3 is 2.95 bits per heavy atom. The second kappa shape index (κ2) is 5.37. The van der Waals surface area contributed by atoms with Crippen molar-refractivity contribution in [2.24, 2.45) is 0 Å². The van der Waals surface area contributed by atoms with Crippen LogP contribution >= 0.6 is 11.3 Å². The molecule has 1 aliphatic heterocycles. The number of carbonyl (C=O) groups is 1. The summed E-state index contributed by atoms with van der Waals surface area (Å²) < 4.78 is 5.61.